The molecule has 0 fully saturated rings. The van der Waals surface area contributed by atoms with Gasteiger partial charge in [0.05, 0.1) is 36.2 Å². The fourth-order valence-corrected chi connectivity index (χ4v) is 3.69. The van der Waals surface area contributed by atoms with Gasteiger partial charge >= 0.3 is 0 Å². The maximum absolute atomic E-state index is 12.9. The number of nitrogens with zero attached hydrogens (tertiary/aromatic N) is 2. The van der Waals surface area contributed by atoms with E-state index in [1.165, 1.54) is 32.4 Å². The van der Waals surface area contributed by atoms with Crippen LogP contribution >= 0.6 is 23.2 Å². The summed E-state index contributed by atoms with van der Waals surface area (Å²) in [4.78, 5) is 18.1. The highest BCUT2D eigenvalue weighted by Gasteiger charge is 2.29. The van der Waals surface area contributed by atoms with Gasteiger partial charge < -0.3 is 14.4 Å². The van der Waals surface area contributed by atoms with Crippen molar-refractivity contribution in [3.63, 3.8) is 0 Å². The molecule has 1 amide bonds. The van der Waals surface area contributed by atoms with Crippen LogP contribution < -0.4 is 9.47 Å². The third-order valence-electron chi connectivity index (χ3n) is 4.35. The summed E-state index contributed by atoms with van der Waals surface area (Å²) < 4.78 is 23.5. The highest BCUT2D eigenvalue weighted by molar-refractivity contribution is 6.37. The largest absolute Gasteiger partial charge is 0.491 e. The monoisotopic (exact) mass is 410 g/mol. The number of amides is 1. The van der Waals surface area contributed by atoms with E-state index in [9.17, 15) is 9.18 Å². The number of ether oxygens (including phenoxy) is 2. The van der Waals surface area contributed by atoms with Crippen molar-refractivity contribution >= 4 is 35.2 Å². The molecule has 2 heterocycles. The van der Waals surface area contributed by atoms with Crippen molar-refractivity contribution in [2.45, 2.75) is 13.0 Å². The molecule has 0 bridgehead atoms. The molecule has 1 aliphatic rings. The predicted octanol–water partition coefficient (Wildman–Crippen LogP) is 4.14. The molecule has 0 N–H and O–H groups in total. The highest BCUT2D eigenvalue weighted by atomic mass is 35.5. The van der Waals surface area contributed by atoms with Crippen molar-refractivity contribution in [1.82, 2.24) is 9.88 Å². The van der Waals surface area contributed by atoms with Crippen LogP contribution in [0.25, 0.3) is 6.08 Å². The molecular weight excluding hydrogens is 394 g/mol. The highest BCUT2D eigenvalue weighted by Crippen LogP contribution is 2.47. The van der Waals surface area contributed by atoms with Crippen molar-refractivity contribution in [1.29, 1.82) is 0 Å². The smallest absolute Gasteiger partial charge is 0.246 e. The van der Waals surface area contributed by atoms with E-state index < -0.39 is 5.82 Å². The number of carbonyl (C=O) groups is 1. The molecule has 0 aliphatic carbocycles. The second-order valence-corrected chi connectivity index (χ2v) is 6.65. The van der Waals surface area contributed by atoms with E-state index in [0.29, 0.717) is 46.7 Å². The quantitative estimate of drug-likeness (QED) is 0.710. The van der Waals surface area contributed by atoms with Crippen LogP contribution in [0.2, 0.25) is 10.0 Å². The van der Waals surface area contributed by atoms with Crippen LogP contribution in [0.3, 0.4) is 0 Å². The van der Waals surface area contributed by atoms with Crippen LogP contribution in [-0.2, 0) is 17.8 Å². The first kappa shape index (κ1) is 19.5. The van der Waals surface area contributed by atoms with E-state index in [4.69, 9.17) is 32.7 Å². The Bertz CT molecular complexity index is 901. The van der Waals surface area contributed by atoms with Crippen LogP contribution in [-0.4, -0.2) is 36.6 Å². The number of hydrogen-bond acceptors (Lipinski definition) is 4. The van der Waals surface area contributed by atoms with Crippen molar-refractivity contribution in [2.24, 2.45) is 0 Å². The first-order valence-corrected chi connectivity index (χ1v) is 8.91. The summed E-state index contributed by atoms with van der Waals surface area (Å²) in [6.07, 6.45) is 4.59. The summed E-state index contributed by atoms with van der Waals surface area (Å²) in [6.45, 7) is 0.785. The lowest BCUT2D eigenvalue weighted by atomic mass is 9.98. The molecule has 27 heavy (non-hydrogen) atoms. The van der Waals surface area contributed by atoms with Crippen molar-refractivity contribution in [2.75, 3.05) is 20.8 Å². The molecule has 0 unspecified atom stereocenters. The van der Waals surface area contributed by atoms with Gasteiger partial charge in [-0.05, 0) is 35.8 Å². The van der Waals surface area contributed by atoms with Gasteiger partial charge in [-0.3, -0.25) is 9.78 Å². The number of fused-ring (bicyclic) bond motifs is 1. The molecule has 5 nitrogen and oxygen atoms in total. The van der Waals surface area contributed by atoms with Gasteiger partial charge in [-0.2, -0.15) is 0 Å². The topological polar surface area (TPSA) is 51.7 Å². The molecule has 0 saturated carbocycles. The number of methoxy groups -OCH3 is 2. The van der Waals surface area contributed by atoms with E-state index in [1.807, 2.05) is 0 Å². The normalized spacial score (nSPS) is 13.6. The van der Waals surface area contributed by atoms with E-state index in [-0.39, 0.29) is 5.91 Å². The average molecular weight is 411 g/mol. The van der Waals surface area contributed by atoms with Gasteiger partial charge in [0.15, 0.2) is 11.5 Å². The Morgan fingerprint density at radius 1 is 1.19 bits per heavy atom. The minimum atomic E-state index is -0.429. The Labute approximate surface area is 166 Å². The van der Waals surface area contributed by atoms with Crippen molar-refractivity contribution in [3.8, 4) is 11.5 Å². The van der Waals surface area contributed by atoms with Crippen molar-refractivity contribution < 1.29 is 18.7 Å². The summed E-state index contributed by atoms with van der Waals surface area (Å²) in [5.41, 5.74) is 2.09. The lowest BCUT2D eigenvalue weighted by Crippen LogP contribution is -2.35. The van der Waals surface area contributed by atoms with E-state index in [1.54, 1.807) is 11.0 Å². The summed E-state index contributed by atoms with van der Waals surface area (Å²) in [7, 11) is 2.98. The van der Waals surface area contributed by atoms with Gasteiger partial charge in [0, 0.05) is 19.2 Å². The Balaban J connectivity index is 1.84. The minimum Gasteiger partial charge on any atom is -0.491 e. The number of halogens is 3. The maximum atomic E-state index is 12.9. The number of aromatic nitrogens is 1. The number of benzene rings is 1. The van der Waals surface area contributed by atoms with Crippen LogP contribution in [0.1, 0.15) is 16.8 Å². The zero-order chi connectivity index (χ0) is 19.6. The number of carbonyl (C=O) groups excluding carboxylic acids is 1. The second-order valence-electron chi connectivity index (χ2n) is 5.90. The zero-order valence-corrected chi connectivity index (χ0v) is 16.3. The molecule has 1 aromatic carbocycles. The number of pyridine rings is 1. The van der Waals surface area contributed by atoms with Gasteiger partial charge in [-0.25, -0.2) is 4.39 Å². The van der Waals surface area contributed by atoms with Gasteiger partial charge in [0.2, 0.25) is 5.91 Å². The van der Waals surface area contributed by atoms with Crippen molar-refractivity contribution in [3.05, 3.63) is 57.1 Å². The molecule has 1 aromatic heterocycles. The van der Waals surface area contributed by atoms with Gasteiger partial charge in [-0.15, -0.1) is 0 Å². The average Bonchev–Trinajstić information content (AvgIpc) is 2.69. The van der Waals surface area contributed by atoms with E-state index in [2.05, 4.69) is 4.98 Å². The summed E-state index contributed by atoms with van der Waals surface area (Å²) in [5, 5.41) is 0.835. The van der Waals surface area contributed by atoms with Crippen LogP contribution in [0.15, 0.2) is 24.4 Å². The summed E-state index contributed by atoms with van der Waals surface area (Å²) in [6, 6.07) is 2.79. The SMILES string of the molecule is COc1c(Cl)c2c(c(Cl)c1OC)CN(C(=O)C=Cc1ccc(F)cn1)CC2. The Kier molecular flexibility index (Phi) is 5.87. The van der Waals surface area contributed by atoms with E-state index >= 15 is 0 Å². The van der Waals surface area contributed by atoms with Gasteiger partial charge in [0.25, 0.3) is 0 Å². The third kappa shape index (κ3) is 3.87. The maximum Gasteiger partial charge on any atom is 0.246 e. The molecule has 1 aliphatic heterocycles. The lowest BCUT2D eigenvalue weighted by molar-refractivity contribution is -0.126. The molecule has 8 heteroatoms. The summed E-state index contributed by atoms with van der Waals surface area (Å²) >= 11 is 12.9. The van der Waals surface area contributed by atoms with Crippen LogP contribution in [0, 0.1) is 5.82 Å². The Morgan fingerprint density at radius 2 is 1.85 bits per heavy atom. The number of hydrogen-bond donors (Lipinski definition) is 0. The second kappa shape index (κ2) is 8.15. The molecule has 2 aromatic rings. The first-order chi connectivity index (χ1) is 13.0. The van der Waals surface area contributed by atoms with E-state index in [0.717, 1.165) is 17.3 Å². The predicted molar refractivity (Wildman–Crippen MR) is 102 cm³/mol. The fraction of sp³-hybridized carbons (Fsp3) is 0.263. The summed E-state index contributed by atoms with van der Waals surface area (Å²) in [5.74, 6) is 0.115. The van der Waals surface area contributed by atoms with Gasteiger partial charge in [-0.1, -0.05) is 23.2 Å². The van der Waals surface area contributed by atoms with Gasteiger partial charge in [0.1, 0.15) is 5.82 Å². The number of rotatable bonds is 4. The first-order valence-electron chi connectivity index (χ1n) is 8.15. The lowest BCUT2D eigenvalue weighted by Gasteiger charge is -2.30. The molecule has 0 radical (unpaired) electrons. The molecule has 0 saturated heterocycles. The fourth-order valence-electron chi connectivity index (χ4n) is 2.98. The Morgan fingerprint density at radius 3 is 2.44 bits per heavy atom. The minimum absolute atomic E-state index is 0.200. The molecule has 142 valence electrons. The standard InChI is InChI=1S/C19H17Cl2FN2O3/c1-26-18-16(20)13-7-8-24(10-14(13)17(21)19(18)27-2)15(25)6-5-12-4-3-11(22)9-23-12/h3-6,9H,7-8,10H2,1-2H3. The molecule has 0 spiro atoms. The molecular formula is C19H17Cl2FN2O3. The Hall–Kier alpha value is -2.31. The van der Waals surface area contributed by atoms with Crippen LogP contribution in [0.5, 0.6) is 11.5 Å². The molecule has 3 rings (SSSR count). The third-order valence-corrected chi connectivity index (χ3v) is 5.15. The van der Waals surface area contributed by atoms with Crippen LogP contribution in [0.4, 0.5) is 4.39 Å². The zero-order valence-electron chi connectivity index (χ0n) is 14.8. The molecule has 0 atom stereocenters.